The normalized spacial score (nSPS) is 12.0. The minimum atomic E-state index is -0.383. The number of nitrogens with one attached hydrogen (secondary N) is 2. The third-order valence-electron chi connectivity index (χ3n) is 3.21. The van der Waals surface area contributed by atoms with Crippen LogP contribution in [0.15, 0.2) is 12.1 Å². The average Bonchev–Trinajstić information content (AvgIpc) is 2.45. The van der Waals surface area contributed by atoms with Crippen molar-refractivity contribution in [2.45, 2.75) is 58.9 Å². The minimum Gasteiger partial charge on any atom is -0.370 e. The van der Waals surface area contributed by atoms with Crippen molar-refractivity contribution in [1.29, 1.82) is 0 Å². The third kappa shape index (κ3) is 6.42. The molecule has 0 saturated heterocycles. The lowest BCUT2D eigenvalue weighted by Gasteiger charge is -2.15. The number of rotatable bonds is 10. The van der Waals surface area contributed by atoms with E-state index in [0.29, 0.717) is 11.6 Å². The van der Waals surface area contributed by atoms with Gasteiger partial charge in [-0.15, -0.1) is 0 Å². The summed E-state index contributed by atoms with van der Waals surface area (Å²) in [5.41, 5.74) is 0.0619. The average molecular weight is 294 g/mol. The lowest BCUT2D eigenvalue weighted by Crippen LogP contribution is -2.16. The summed E-state index contributed by atoms with van der Waals surface area (Å²) in [6, 6.07) is 3.22. The molecule has 0 bridgehead atoms. The molecule has 6 nitrogen and oxygen atoms in total. The number of nitrogens with zero attached hydrogens (tertiary/aromatic N) is 2. The number of hydrogen-bond acceptors (Lipinski definition) is 5. The molecular formula is C15H26N4O2. The molecule has 1 aromatic rings. The summed E-state index contributed by atoms with van der Waals surface area (Å²) >= 11 is 0. The van der Waals surface area contributed by atoms with Crippen molar-refractivity contribution < 1.29 is 4.92 Å². The zero-order valence-electron chi connectivity index (χ0n) is 13.2. The maximum atomic E-state index is 11.0. The van der Waals surface area contributed by atoms with E-state index in [0.717, 1.165) is 25.8 Å². The fourth-order valence-electron chi connectivity index (χ4n) is 2.06. The molecule has 1 aromatic heterocycles. The van der Waals surface area contributed by atoms with Crippen molar-refractivity contribution in [3.05, 3.63) is 22.2 Å². The van der Waals surface area contributed by atoms with E-state index in [1.54, 1.807) is 0 Å². The Morgan fingerprint density at radius 3 is 2.57 bits per heavy atom. The summed E-state index contributed by atoms with van der Waals surface area (Å²) < 4.78 is 0. The molecule has 0 fully saturated rings. The second kappa shape index (κ2) is 9.15. The van der Waals surface area contributed by atoms with E-state index in [2.05, 4.69) is 29.5 Å². The Morgan fingerprint density at radius 2 is 1.95 bits per heavy atom. The van der Waals surface area contributed by atoms with Crippen LogP contribution in [-0.2, 0) is 0 Å². The third-order valence-corrected chi connectivity index (χ3v) is 3.21. The van der Waals surface area contributed by atoms with Crippen molar-refractivity contribution in [3.63, 3.8) is 0 Å². The van der Waals surface area contributed by atoms with Gasteiger partial charge in [0.05, 0.1) is 17.1 Å². The lowest BCUT2D eigenvalue weighted by atomic mass is 10.1. The molecule has 6 heteroatoms. The topological polar surface area (TPSA) is 80.1 Å². The zero-order valence-corrected chi connectivity index (χ0v) is 13.2. The molecule has 0 radical (unpaired) electrons. The first-order chi connectivity index (χ1) is 10.1. The van der Waals surface area contributed by atoms with Crippen LogP contribution in [0, 0.1) is 10.1 Å². The fourth-order valence-corrected chi connectivity index (χ4v) is 2.06. The largest absolute Gasteiger partial charge is 0.370 e. The molecule has 0 aromatic carbocycles. The fraction of sp³-hybridized carbons (Fsp3) is 0.667. The highest BCUT2D eigenvalue weighted by molar-refractivity contribution is 5.54. The maximum Gasteiger partial charge on any atom is 0.276 e. The molecule has 118 valence electrons. The molecule has 21 heavy (non-hydrogen) atoms. The predicted molar refractivity (Wildman–Crippen MR) is 86.9 cm³/mol. The SMILES string of the molecule is CCCCCC(C)Nc1cc([N+](=O)[O-])cc(NCCC)n1. The summed E-state index contributed by atoms with van der Waals surface area (Å²) in [5, 5.41) is 17.4. The van der Waals surface area contributed by atoms with E-state index in [4.69, 9.17) is 0 Å². The molecule has 0 aliphatic carbocycles. The van der Waals surface area contributed by atoms with Gasteiger partial charge in [0.2, 0.25) is 0 Å². The van der Waals surface area contributed by atoms with Crippen LogP contribution in [0.25, 0.3) is 0 Å². The van der Waals surface area contributed by atoms with Crippen molar-refractivity contribution in [1.82, 2.24) is 4.98 Å². The van der Waals surface area contributed by atoms with Crippen LogP contribution in [-0.4, -0.2) is 22.5 Å². The van der Waals surface area contributed by atoms with Gasteiger partial charge in [-0.05, 0) is 19.8 Å². The Labute approximate surface area is 126 Å². The molecule has 0 spiro atoms. The van der Waals surface area contributed by atoms with Gasteiger partial charge in [-0.2, -0.15) is 0 Å². The van der Waals surface area contributed by atoms with Crippen molar-refractivity contribution >= 4 is 17.3 Å². The molecule has 1 unspecified atom stereocenters. The lowest BCUT2D eigenvalue weighted by molar-refractivity contribution is -0.384. The van der Waals surface area contributed by atoms with Crippen LogP contribution in [0.4, 0.5) is 17.3 Å². The van der Waals surface area contributed by atoms with Gasteiger partial charge in [0, 0.05) is 12.6 Å². The number of aromatic nitrogens is 1. The highest BCUT2D eigenvalue weighted by atomic mass is 16.6. The summed E-state index contributed by atoms with van der Waals surface area (Å²) in [4.78, 5) is 15.0. The smallest absolute Gasteiger partial charge is 0.276 e. The standard InChI is InChI=1S/C15H26N4O2/c1-4-6-7-8-12(3)17-15-11-13(19(20)21)10-14(18-15)16-9-5-2/h10-12H,4-9H2,1-3H3,(H2,16,17,18). The quantitative estimate of drug-likeness (QED) is 0.384. The van der Waals surface area contributed by atoms with E-state index < -0.39 is 0 Å². The Morgan fingerprint density at radius 1 is 1.24 bits per heavy atom. The first kappa shape index (κ1) is 17.2. The number of unbranched alkanes of at least 4 members (excludes halogenated alkanes) is 2. The molecule has 2 N–H and O–H groups in total. The van der Waals surface area contributed by atoms with Crippen LogP contribution in [0.5, 0.6) is 0 Å². The van der Waals surface area contributed by atoms with E-state index >= 15 is 0 Å². The molecule has 0 aliphatic heterocycles. The summed E-state index contributed by atoms with van der Waals surface area (Å²) in [5.74, 6) is 1.11. The molecule has 1 rings (SSSR count). The second-order valence-corrected chi connectivity index (χ2v) is 5.32. The van der Waals surface area contributed by atoms with Gasteiger partial charge in [-0.1, -0.05) is 33.1 Å². The van der Waals surface area contributed by atoms with Gasteiger partial charge < -0.3 is 10.6 Å². The Balaban J connectivity index is 2.74. The van der Waals surface area contributed by atoms with Gasteiger partial charge in [0.15, 0.2) is 0 Å². The molecule has 1 atom stereocenters. The number of nitro groups is 1. The monoisotopic (exact) mass is 294 g/mol. The summed E-state index contributed by atoms with van der Waals surface area (Å²) in [7, 11) is 0. The van der Waals surface area contributed by atoms with Crippen molar-refractivity contribution in [2.75, 3.05) is 17.2 Å². The summed E-state index contributed by atoms with van der Waals surface area (Å²) in [6.45, 7) is 7.04. The van der Waals surface area contributed by atoms with Crippen LogP contribution in [0.3, 0.4) is 0 Å². The van der Waals surface area contributed by atoms with Crippen molar-refractivity contribution in [2.24, 2.45) is 0 Å². The number of hydrogen-bond donors (Lipinski definition) is 2. The molecule has 0 saturated carbocycles. The number of anilines is 2. The minimum absolute atomic E-state index is 0.0619. The van der Waals surface area contributed by atoms with Gasteiger partial charge >= 0.3 is 0 Å². The van der Waals surface area contributed by atoms with E-state index in [1.807, 2.05) is 6.92 Å². The first-order valence-electron chi connectivity index (χ1n) is 7.73. The molecule has 0 aliphatic rings. The van der Waals surface area contributed by atoms with Crippen LogP contribution < -0.4 is 10.6 Å². The number of pyridine rings is 1. The van der Waals surface area contributed by atoms with Gasteiger partial charge in [0.1, 0.15) is 11.6 Å². The molecular weight excluding hydrogens is 268 g/mol. The molecule has 0 amide bonds. The first-order valence-corrected chi connectivity index (χ1v) is 7.73. The van der Waals surface area contributed by atoms with Crippen LogP contribution in [0.1, 0.15) is 52.9 Å². The van der Waals surface area contributed by atoms with Crippen LogP contribution >= 0.6 is 0 Å². The van der Waals surface area contributed by atoms with E-state index in [1.165, 1.54) is 25.0 Å². The predicted octanol–water partition coefficient (Wildman–Crippen LogP) is 4.19. The van der Waals surface area contributed by atoms with Gasteiger partial charge in [0.25, 0.3) is 5.69 Å². The van der Waals surface area contributed by atoms with E-state index in [9.17, 15) is 10.1 Å². The zero-order chi connectivity index (χ0) is 15.7. The summed E-state index contributed by atoms with van der Waals surface area (Å²) in [6.07, 6.45) is 5.53. The van der Waals surface area contributed by atoms with E-state index in [-0.39, 0.29) is 16.7 Å². The Bertz CT molecular complexity index is 451. The molecule has 1 heterocycles. The Hall–Kier alpha value is -1.85. The van der Waals surface area contributed by atoms with Crippen LogP contribution in [0.2, 0.25) is 0 Å². The van der Waals surface area contributed by atoms with Gasteiger partial charge in [-0.3, -0.25) is 10.1 Å². The second-order valence-electron chi connectivity index (χ2n) is 5.32. The Kier molecular flexibility index (Phi) is 7.50. The van der Waals surface area contributed by atoms with Crippen molar-refractivity contribution in [3.8, 4) is 0 Å². The highest BCUT2D eigenvalue weighted by Gasteiger charge is 2.12. The maximum absolute atomic E-state index is 11.0. The highest BCUT2D eigenvalue weighted by Crippen LogP contribution is 2.21. The van der Waals surface area contributed by atoms with Gasteiger partial charge in [-0.25, -0.2) is 4.98 Å².